The predicted molar refractivity (Wildman–Crippen MR) is 167 cm³/mol. The number of unbranched alkanes of at least 4 members (excludes halogenated alkanes) is 2. The van der Waals surface area contributed by atoms with Crippen LogP contribution < -0.4 is 21.0 Å². The lowest BCUT2D eigenvalue weighted by molar-refractivity contribution is -0.127. The van der Waals surface area contributed by atoms with E-state index in [-0.39, 0.29) is 30.2 Å². The third kappa shape index (κ3) is 9.89. The van der Waals surface area contributed by atoms with Crippen LogP contribution in [0.5, 0.6) is 0 Å². The summed E-state index contributed by atoms with van der Waals surface area (Å²) in [5.41, 5.74) is 7.47. The zero-order valence-electron chi connectivity index (χ0n) is 22.6. The molecule has 0 spiro atoms. The molecule has 0 fully saturated rings. The summed E-state index contributed by atoms with van der Waals surface area (Å²) >= 11 is 2.04. The second-order valence-corrected chi connectivity index (χ2v) is 11.1. The molecule has 2 unspecified atom stereocenters. The van der Waals surface area contributed by atoms with E-state index >= 15 is 0 Å². The number of rotatable bonds is 15. The van der Waals surface area contributed by atoms with Crippen molar-refractivity contribution < 1.29 is 19.0 Å². The molecule has 0 aromatic heterocycles. The zero-order chi connectivity index (χ0) is 28.0. The predicted octanol–water partition coefficient (Wildman–Crippen LogP) is 5.63. The van der Waals surface area contributed by atoms with E-state index in [2.05, 4.69) is 47.0 Å². The Hall–Kier alpha value is -2.49. The molecule has 2 aromatic rings. The molecular weight excluding hydrogens is 626 g/mol. The number of carbonyl (C=O) groups is 3. The number of hydrogen-bond donors (Lipinski definition) is 3. The van der Waals surface area contributed by atoms with Gasteiger partial charge in [0.15, 0.2) is 0 Å². The van der Waals surface area contributed by atoms with E-state index in [1.165, 1.54) is 5.56 Å². The van der Waals surface area contributed by atoms with Crippen LogP contribution in [0.3, 0.4) is 0 Å². The molecule has 0 heterocycles. The van der Waals surface area contributed by atoms with E-state index in [9.17, 15) is 14.4 Å². The highest BCUT2D eigenvalue weighted by atomic mass is 127. The number of nitrogens with one attached hydrogen (secondary N) is 3. The van der Waals surface area contributed by atoms with Crippen molar-refractivity contribution in [1.29, 1.82) is 0 Å². The van der Waals surface area contributed by atoms with Crippen molar-refractivity contribution in [3.63, 3.8) is 0 Å². The van der Waals surface area contributed by atoms with Gasteiger partial charge in [-0.1, -0.05) is 24.6 Å². The Kier molecular flexibility index (Phi) is 13.2. The smallest absolute Gasteiger partial charge is 0.251 e. The number of amides is 3. The molecule has 10 heteroatoms. The van der Waals surface area contributed by atoms with Gasteiger partial charge in [-0.25, -0.2) is 10.1 Å². The average molecular weight is 665 g/mol. The van der Waals surface area contributed by atoms with Gasteiger partial charge >= 0.3 is 0 Å². The summed E-state index contributed by atoms with van der Waals surface area (Å²) in [6, 6.07) is 13.9. The van der Waals surface area contributed by atoms with E-state index in [4.69, 9.17) is 4.62 Å². The highest BCUT2D eigenvalue weighted by molar-refractivity contribution is 14.2. The minimum absolute atomic E-state index is 0.0125. The number of nitrogens with zero attached hydrogens (tertiary/aromatic N) is 1. The Morgan fingerprint density at radius 1 is 1.08 bits per heavy atom. The van der Waals surface area contributed by atoms with Crippen molar-refractivity contribution in [3.05, 3.63) is 70.8 Å². The monoisotopic (exact) mass is 664 g/mol. The third-order valence-corrected chi connectivity index (χ3v) is 7.66. The average Bonchev–Trinajstić information content (AvgIpc) is 3.35. The zero-order valence-corrected chi connectivity index (χ0v) is 25.8. The summed E-state index contributed by atoms with van der Waals surface area (Å²) in [5, 5.41) is 6.07. The maximum atomic E-state index is 12.9. The fourth-order valence-corrected chi connectivity index (χ4v) is 5.18. The first-order valence-electron chi connectivity index (χ1n) is 13.5. The molecule has 0 saturated heterocycles. The maximum absolute atomic E-state index is 12.9. The molecule has 8 nitrogen and oxygen atoms in total. The Morgan fingerprint density at radius 2 is 1.85 bits per heavy atom. The molecule has 2 aromatic carbocycles. The summed E-state index contributed by atoms with van der Waals surface area (Å²) in [4.78, 5) is 38.8. The lowest BCUT2D eigenvalue weighted by atomic mass is 10.0. The molecule has 2 atom stereocenters. The molecule has 0 radical (unpaired) electrons. The van der Waals surface area contributed by atoms with Crippen LogP contribution in [-0.2, 0) is 20.6 Å². The lowest BCUT2D eigenvalue weighted by Crippen LogP contribution is -2.27. The van der Waals surface area contributed by atoms with Crippen molar-refractivity contribution in [2.24, 2.45) is 0 Å². The van der Waals surface area contributed by atoms with Gasteiger partial charge in [-0.3, -0.25) is 14.4 Å². The van der Waals surface area contributed by atoms with Crippen molar-refractivity contribution in [2.75, 3.05) is 24.5 Å². The van der Waals surface area contributed by atoms with Crippen LogP contribution in [0.1, 0.15) is 79.0 Å². The summed E-state index contributed by atoms with van der Waals surface area (Å²) in [5.74, 6) is -0.315. The van der Waals surface area contributed by atoms with Crippen molar-refractivity contribution in [2.45, 2.75) is 58.4 Å². The number of hydroxylamine groups is 1. The molecule has 3 N–H and O–H groups in total. The number of aryl methyl sites for hydroxylation is 1. The summed E-state index contributed by atoms with van der Waals surface area (Å²) < 4.78 is 4.88. The lowest BCUT2D eigenvalue weighted by Gasteiger charge is -2.21. The molecule has 0 saturated carbocycles. The molecule has 3 rings (SSSR count). The van der Waals surface area contributed by atoms with E-state index in [1.807, 2.05) is 58.4 Å². The van der Waals surface area contributed by atoms with Crippen LogP contribution in [0.2, 0.25) is 0 Å². The van der Waals surface area contributed by atoms with E-state index in [1.54, 1.807) is 6.08 Å². The minimum Gasteiger partial charge on any atom is -0.372 e. The fraction of sp³-hybridized carbons (Fsp3) is 0.414. The van der Waals surface area contributed by atoms with Gasteiger partial charge in [-0.2, -0.15) is 0 Å². The molecule has 0 aliphatic heterocycles. The van der Waals surface area contributed by atoms with Gasteiger partial charge in [-0.15, -0.1) is 0 Å². The highest BCUT2D eigenvalue weighted by Gasteiger charge is 2.24. The number of halogens is 1. The Morgan fingerprint density at radius 3 is 2.56 bits per heavy atom. The first-order chi connectivity index (χ1) is 18.9. The number of benzene rings is 2. The molecule has 1 aliphatic rings. The molecule has 210 valence electrons. The van der Waals surface area contributed by atoms with Gasteiger partial charge < -0.3 is 15.5 Å². The largest absolute Gasteiger partial charge is 0.372 e. The molecule has 0 bridgehead atoms. The molecule has 39 heavy (non-hydrogen) atoms. The van der Waals surface area contributed by atoms with E-state index < -0.39 is 0 Å². The summed E-state index contributed by atoms with van der Waals surface area (Å²) in [6.45, 7) is 6.88. The summed E-state index contributed by atoms with van der Waals surface area (Å²) in [6.07, 6.45) is 7.95. The topological polar surface area (TPSA) is 99.8 Å². The molecule has 3 amide bonds. The normalized spacial score (nSPS) is 14.5. The van der Waals surface area contributed by atoms with Crippen molar-refractivity contribution >= 4 is 58.0 Å². The third-order valence-electron chi connectivity index (χ3n) is 6.82. The van der Waals surface area contributed by atoms with Crippen LogP contribution in [-0.4, -0.2) is 37.4 Å². The van der Waals surface area contributed by atoms with Crippen LogP contribution in [0, 0.1) is 0 Å². The van der Waals surface area contributed by atoms with Crippen LogP contribution in [0.4, 0.5) is 5.69 Å². The highest BCUT2D eigenvalue weighted by Crippen LogP contribution is 2.32. The Bertz CT molecular complexity index is 1140. The molecule has 1 aliphatic carbocycles. The van der Waals surface area contributed by atoms with Gasteiger partial charge in [-0.05, 0) is 109 Å². The summed E-state index contributed by atoms with van der Waals surface area (Å²) in [7, 11) is 0. The first-order valence-corrected chi connectivity index (χ1v) is 17.5. The van der Waals surface area contributed by atoms with Gasteiger partial charge in [0.25, 0.3) is 5.91 Å². The number of carbonyl (C=O) groups excluding carboxylic acids is 3. The molecular formula is C29H38IN4O4P. The van der Waals surface area contributed by atoms with Gasteiger partial charge in [0.1, 0.15) is 6.45 Å². The van der Waals surface area contributed by atoms with Gasteiger partial charge in [0.2, 0.25) is 11.8 Å². The van der Waals surface area contributed by atoms with Crippen molar-refractivity contribution in [1.82, 2.24) is 16.1 Å². The second kappa shape index (κ2) is 16.6. The Labute approximate surface area is 246 Å². The van der Waals surface area contributed by atoms with Gasteiger partial charge in [0.05, 0.1) is 6.04 Å². The van der Waals surface area contributed by atoms with Crippen LogP contribution in [0.15, 0.2) is 48.5 Å². The SMILES string of the molecule is CCN(CC)c1ccc(C(=O)NC2CCc3cc(/C=C/C(=O)NCCCCCC(=O)NOPI)ccc32)cc1. The Balaban J connectivity index is 1.43. The van der Waals surface area contributed by atoms with Crippen molar-refractivity contribution in [3.8, 4) is 0 Å². The number of fused-ring (bicyclic) bond motifs is 1. The fourth-order valence-electron chi connectivity index (χ4n) is 4.70. The van der Waals surface area contributed by atoms with Crippen LogP contribution >= 0.6 is 28.5 Å². The van der Waals surface area contributed by atoms with Crippen LogP contribution in [0.25, 0.3) is 6.08 Å². The second-order valence-electron chi connectivity index (χ2n) is 9.38. The van der Waals surface area contributed by atoms with E-state index in [0.717, 1.165) is 62.0 Å². The first kappa shape index (κ1) is 31.0. The minimum atomic E-state index is -0.137. The van der Waals surface area contributed by atoms with Gasteiger partial charge in [0, 0.05) is 43.4 Å². The quantitative estimate of drug-likeness (QED) is 0.0754. The van der Waals surface area contributed by atoms with E-state index in [0.29, 0.717) is 18.5 Å². The standard InChI is InChI=1S/C29H38IN4O4P/c1-3-34(4-2)24-14-11-22(12-15-24)29(37)32-26-17-13-23-20-21(9-16-25(23)26)10-18-27(35)31-19-7-5-6-8-28(36)33-38-39-30/h9-12,14-16,18,20,26,39H,3-8,13,17,19H2,1-2H3,(H,31,35)(H,32,37)(H,33,36)/b18-10+. The number of hydrogen-bond acceptors (Lipinski definition) is 5. The number of anilines is 1. The maximum Gasteiger partial charge on any atom is 0.251 e.